The van der Waals surface area contributed by atoms with E-state index in [1.54, 1.807) is 7.05 Å². The number of ether oxygens (including phenoxy) is 1. The highest BCUT2D eigenvalue weighted by Gasteiger charge is 2.26. The highest BCUT2D eigenvalue weighted by Crippen LogP contribution is 2.24. The van der Waals surface area contributed by atoms with E-state index < -0.39 is 6.09 Å². The number of hydrogen-bond acceptors (Lipinski definition) is 5. The van der Waals surface area contributed by atoms with E-state index in [1.165, 1.54) is 10.5 Å². The number of carboxylic acid groups (broad SMARTS) is 1. The first-order valence-electron chi connectivity index (χ1n) is 10.2. The van der Waals surface area contributed by atoms with Crippen molar-refractivity contribution in [3.8, 4) is 5.75 Å². The standard InChI is InChI=1S/C21H33N3O4/c1-16-6-7-18(12-24(16)9-8-22(2)21(26)27)15-28-20-5-3-4-17(10-20)11-23-13-19(25)14-23/h3-5,10,16,18-19,25H,6-9,11-15H2,1-2H3,(H,26,27). The first-order chi connectivity index (χ1) is 13.4. The van der Waals surface area contributed by atoms with E-state index in [9.17, 15) is 9.90 Å². The molecule has 2 aliphatic heterocycles. The molecule has 1 aromatic rings. The molecule has 2 fully saturated rings. The number of carbonyl (C=O) groups is 1. The number of piperidine rings is 1. The van der Waals surface area contributed by atoms with Gasteiger partial charge in [-0.2, -0.15) is 0 Å². The summed E-state index contributed by atoms with van der Waals surface area (Å²) in [6.45, 7) is 7.48. The number of β-amino-alcohol motifs (C(OH)–C–C–N with tert-alkyl or cyclic N) is 1. The average molecular weight is 392 g/mol. The van der Waals surface area contributed by atoms with Gasteiger partial charge in [-0.1, -0.05) is 12.1 Å². The van der Waals surface area contributed by atoms with Crippen LogP contribution in [0.25, 0.3) is 0 Å². The second-order valence-electron chi connectivity index (χ2n) is 8.30. The number of benzene rings is 1. The fourth-order valence-electron chi connectivity index (χ4n) is 3.96. The van der Waals surface area contributed by atoms with Crippen LogP contribution in [0, 0.1) is 5.92 Å². The molecule has 0 bridgehead atoms. The lowest BCUT2D eigenvalue weighted by atomic mass is 9.94. The first-order valence-corrected chi connectivity index (χ1v) is 10.2. The number of amides is 1. The topological polar surface area (TPSA) is 76.5 Å². The smallest absolute Gasteiger partial charge is 0.407 e. The third-order valence-electron chi connectivity index (χ3n) is 5.89. The lowest BCUT2D eigenvalue weighted by Gasteiger charge is -2.38. The lowest BCUT2D eigenvalue weighted by molar-refractivity contribution is -0.00290. The fourth-order valence-corrected chi connectivity index (χ4v) is 3.96. The summed E-state index contributed by atoms with van der Waals surface area (Å²) < 4.78 is 6.09. The Hall–Kier alpha value is -1.83. The molecule has 0 aromatic heterocycles. The van der Waals surface area contributed by atoms with Crippen LogP contribution in [-0.2, 0) is 6.54 Å². The van der Waals surface area contributed by atoms with Gasteiger partial charge in [-0.15, -0.1) is 0 Å². The zero-order chi connectivity index (χ0) is 20.1. The van der Waals surface area contributed by atoms with Gasteiger partial charge in [0.15, 0.2) is 0 Å². The van der Waals surface area contributed by atoms with Crippen LogP contribution in [0.4, 0.5) is 4.79 Å². The molecule has 3 rings (SSSR count). The minimum atomic E-state index is -0.878. The van der Waals surface area contributed by atoms with Crippen LogP contribution >= 0.6 is 0 Å². The normalized spacial score (nSPS) is 24.0. The van der Waals surface area contributed by atoms with E-state index in [1.807, 2.05) is 12.1 Å². The van der Waals surface area contributed by atoms with Crippen molar-refractivity contribution in [2.75, 3.05) is 46.4 Å². The summed E-state index contributed by atoms with van der Waals surface area (Å²) in [5.41, 5.74) is 1.21. The van der Waals surface area contributed by atoms with E-state index in [4.69, 9.17) is 9.84 Å². The molecule has 2 aliphatic rings. The van der Waals surface area contributed by atoms with E-state index >= 15 is 0 Å². The maximum absolute atomic E-state index is 11.0. The van der Waals surface area contributed by atoms with E-state index in [2.05, 4.69) is 28.9 Å². The Bertz CT molecular complexity index is 650. The molecular weight excluding hydrogens is 358 g/mol. The molecule has 7 nitrogen and oxygen atoms in total. The number of aliphatic hydroxyl groups is 1. The van der Waals surface area contributed by atoms with Crippen molar-refractivity contribution >= 4 is 6.09 Å². The molecule has 2 N–H and O–H groups in total. The molecule has 1 aromatic carbocycles. The maximum Gasteiger partial charge on any atom is 0.407 e. The van der Waals surface area contributed by atoms with Crippen molar-refractivity contribution in [3.05, 3.63) is 29.8 Å². The summed E-state index contributed by atoms with van der Waals surface area (Å²) >= 11 is 0. The largest absolute Gasteiger partial charge is 0.493 e. The van der Waals surface area contributed by atoms with Crippen molar-refractivity contribution in [1.29, 1.82) is 0 Å². The van der Waals surface area contributed by atoms with Gasteiger partial charge in [0.05, 0.1) is 12.7 Å². The number of likely N-dealkylation sites (tertiary alicyclic amines) is 2. The van der Waals surface area contributed by atoms with Gasteiger partial charge in [0.2, 0.25) is 0 Å². The van der Waals surface area contributed by atoms with Crippen LogP contribution in [0.3, 0.4) is 0 Å². The molecule has 2 unspecified atom stereocenters. The molecule has 7 heteroatoms. The Labute approximate surface area is 167 Å². The zero-order valence-corrected chi connectivity index (χ0v) is 17.0. The van der Waals surface area contributed by atoms with E-state index in [-0.39, 0.29) is 6.10 Å². The minimum absolute atomic E-state index is 0.175. The highest BCUT2D eigenvalue weighted by molar-refractivity contribution is 5.64. The summed E-state index contributed by atoms with van der Waals surface area (Å²) in [4.78, 5) is 16.9. The monoisotopic (exact) mass is 391 g/mol. The SMILES string of the molecule is CC1CCC(COc2cccc(CN3CC(O)C3)c2)CN1CCN(C)C(=O)O. The minimum Gasteiger partial charge on any atom is -0.493 e. The molecule has 0 spiro atoms. The van der Waals surface area contributed by atoms with Crippen molar-refractivity contribution in [2.45, 2.75) is 38.5 Å². The Morgan fingerprint density at radius 3 is 2.79 bits per heavy atom. The van der Waals surface area contributed by atoms with Gasteiger partial charge in [-0.3, -0.25) is 9.80 Å². The van der Waals surface area contributed by atoms with Crippen molar-refractivity contribution < 1.29 is 19.7 Å². The molecule has 156 valence electrons. The first kappa shape index (κ1) is 20.9. The molecule has 0 saturated carbocycles. The molecule has 1 amide bonds. The Morgan fingerprint density at radius 1 is 1.29 bits per heavy atom. The van der Waals surface area contributed by atoms with Gasteiger partial charge in [0.1, 0.15) is 5.75 Å². The molecule has 2 saturated heterocycles. The van der Waals surface area contributed by atoms with Gasteiger partial charge in [0, 0.05) is 58.3 Å². The fraction of sp³-hybridized carbons (Fsp3) is 0.667. The van der Waals surface area contributed by atoms with Gasteiger partial charge in [0.25, 0.3) is 0 Å². The second kappa shape index (κ2) is 9.58. The number of likely N-dealkylation sites (N-methyl/N-ethyl adjacent to an activating group) is 1. The van der Waals surface area contributed by atoms with Crippen molar-refractivity contribution in [2.24, 2.45) is 5.92 Å². The Kier molecular flexibility index (Phi) is 7.15. The third kappa shape index (κ3) is 5.83. The predicted octanol–water partition coefficient (Wildman–Crippen LogP) is 1.95. The van der Waals surface area contributed by atoms with Gasteiger partial charge >= 0.3 is 6.09 Å². The second-order valence-corrected chi connectivity index (χ2v) is 8.30. The summed E-state index contributed by atoms with van der Waals surface area (Å²) in [5, 5.41) is 18.4. The molecule has 28 heavy (non-hydrogen) atoms. The average Bonchev–Trinajstić information content (AvgIpc) is 2.65. The van der Waals surface area contributed by atoms with Crippen LogP contribution in [-0.4, -0.2) is 89.5 Å². The summed E-state index contributed by atoms with van der Waals surface area (Å²) in [7, 11) is 1.62. The number of aliphatic hydroxyl groups excluding tert-OH is 1. The van der Waals surface area contributed by atoms with Crippen LogP contribution < -0.4 is 4.74 Å². The van der Waals surface area contributed by atoms with Crippen molar-refractivity contribution in [1.82, 2.24) is 14.7 Å². The van der Waals surface area contributed by atoms with E-state index in [0.29, 0.717) is 25.1 Å². The quantitative estimate of drug-likeness (QED) is 0.705. The van der Waals surface area contributed by atoms with E-state index in [0.717, 1.165) is 51.3 Å². The number of hydrogen-bond donors (Lipinski definition) is 2. The molecule has 2 heterocycles. The molecule has 0 radical (unpaired) electrons. The summed E-state index contributed by atoms with van der Waals surface area (Å²) in [5.74, 6) is 1.36. The van der Waals surface area contributed by atoms with Crippen LogP contribution in [0.2, 0.25) is 0 Å². The summed E-state index contributed by atoms with van der Waals surface area (Å²) in [6.07, 6.45) is 1.20. The molecule has 0 aliphatic carbocycles. The Morgan fingerprint density at radius 2 is 2.07 bits per heavy atom. The van der Waals surface area contributed by atoms with Crippen LogP contribution in [0.5, 0.6) is 5.75 Å². The summed E-state index contributed by atoms with van der Waals surface area (Å²) in [6, 6.07) is 8.70. The van der Waals surface area contributed by atoms with Gasteiger partial charge in [-0.25, -0.2) is 4.79 Å². The van der Waals surface area contributed by atoms with Gasteiger partial charge < -0.3 is 19.8 Å². The Balaban J connectivity index is 1.45. The van der Waals surface area contributed by atoms with Crippen LogP contribution in [0.1, 0.15) is 25.3 Å². The van der Waals surface area contributed by atoms with Crippen LogP contribution in [0.15, 0.2) is 24.3 Å². The molecule has 2 atom stereocenters. The van der Waals surface area contributed by atoms with Gasteiger partial charge in [-0.05, 0) is 37.5 Å². The number of nitrogens with zero attached hydrogens (tertiary/aromatic N) is 3. The zero-order valence-electron chi connectivity index (χ0n) is 17.0. The van der Waals surface area contributed by atoms with Crippen molar-refractivity contribution in [3.63, 3.8) is 0 Å². The highest BCUT2D eigenvalue weighted by atomic mass is 16.5. The lowest BCUT2D eigenvalue weighted by Crippen LogP contribution is -2.49. The number of rotatable bonds is 8. The molecular formula is C21H33N3O4. The third-order valence-corrected chi connectivity index (χ3v) is 5.89. The maximum atomic E-state index is 11.0. The predicted molar refractivity (Wildman–Crippen MR) is 108 cm³/mol.